The second-order valence-corrected chi connectivity index (χ2v) is 5.58. The number of esters is 1. The van der Waals surface area contributed by atoms with Crippen molar-refractivity contribution in [2.75, 3.05) is 13.7 Å². The van der Waals surface area contributed by atoms with Gasteiger partial charge < -0.3 is 9.64 Å². The summed E-state index contributed by atoms with van der Waals surface area (Å²) in [7, 11) is 2.04. The number of ether oxygens (including phenoxy) is 1. The molecule has 0 spiro atoms. The number of carbonyl (C=O) groups is 1. The molecule has 22 heavy (non-hydrogen) atoms. The van der Waals surface area contributed by atoms with Crippen LogP contribution in [0, 0.1) is 0 Å². The molecule has 0 saturated heterocycles. The van der Waals surface area contributed by atoms with Gasteiger partial charge in [-0.1, -0.05) is 37.3 Å². The maximum atomic E-state index is 12.6. The predicted molar refractivity (Wildman–Crippen MR) is 90.2 cm³/mol. The number of benzene rings is 1. The molecule has 0 amide bonds. The number of hydrogen-bond acceptors (Lipinski definition) is 3. The molecule has 0 aromatic heterocycles. The fraction of sp³-hybridized carbons (Fsp3) is 0.421. The van der Waals surface area contributed by atoms with Crippen molar-refractivity contribution in [3.05, 3.63) is 52.7 Å². The highest BCUT2D eigenvalue weighted by atomic mass is 16.5. The van der Waals surface area contributed by atoms with Gasteiger partial charge in [0.05, 0.1) is 18.2 Å². The molecule has 1 aromatic rings. The summed E-state index contributed by atoms with van der Waals surface area (Å²) in [6.45, 7) is 8.56. The van der Waals surface area contributed by atoms with Gasteiger partial charge in [0.25, 0.3) is 0 Å². The Morgan fingerprint density at radius 1 is 1.23 bits per heavy atom. The van der Waals surface area contributed by atoms with E-state index in [-0.39, 0.29) is 12.0 Å². The van der Waals surface area contributed by atoms with Gasteiger partial charge in [-0.25, -0.2) is 4.79 Å². The van der Waals surface area contributed by atoms with Crippen molar-refractivity contribution in [3.63, 3.8) is 0 Å². The predicted octanol–water partition coefficient (Wildman–Crippen LogP) is 4.02. The third-order valence-corrected chi connectivity index (χ3v) is 4.45. The molecule has 1 atom stereocenters. The molecule has 1 aromatic carbocycles. The molecule has 118 valence electrons. The lowest BCUT2D eigenvalue weighted by Crippen LogP contribution is -2.37. The lowest BCUT2D eigenvalue weighted by Gasteiger charge is -2.37. The van der Waals surface area contributed by atoms with E-state index in [0.29, 0.717) is 6.61 Å². The van der Waals surface area contributed by atoms with E-state index in [2.05, 4.69) is 37.8 Å². The first-order valence-electron chi connectivity index (χ1n) is 7.92. The SMILES string of the molecule is CCOC(=O)C1=C(c2ccccc2)C(CC)=C(C)N(C)C1C. The molecule has 1 aliphatic heterocycles. The molecule has 0 saturated carbocycles. The third kappa shape index (κ3) is 2.80. The van der Waals surface area contributed by atoms with E-state index in [1.54, 1.807) is 0 Å². The van der Waals surface area contributed by atoms with Crippen molar-refractivity contribution < 1.29 is 9.53 Å². The molecule has 0 radical (unpaired) electrons. The normalized spacial score (nSPS) is 18.8. The van der Waals surface area contributed by atoms with Crippen LogP contribution in [0.2, 0.25) is 0 Å². The first-order valence-corrected chi connectivity index (χ1v) is 7.92. The van der Waals surface area contributed by atoms with E-state index in [9.17, 15) is 4.79 Å². The van der Waals surface area contributed by atoms with E-state index in [1.165, 1.54) is 11.3 Å². The van der Waals surface area contributed by atoms with Gasteiger partial charge in [-0.2, -0.15) is 0 Å². The van der Waals surface area contributed by atoms with Gasteiger partial charge >= 0.3 is 5.97 Å². The molecule has 0 bridgehead atoms. The fourth-order valence-electron chi connectivity index (χ4n) is 3.10. The van der Waals surface area contributed by atoms with Crippen LogP contribution in [0.3, 0.4) is 0 Å². The third-order valence-electron chi connectivity index (χ3n) is 4.45. The van der Waals surface area contributed by atoms with Gasteiger partial charge in [-0.3, -0.25) is 0 Å². The second-order valence-electron chi connectivity index (χ2n) is 5.58. The number of hydrogen-bond donors (Lipinski definition) is 0. The highest BCUT2D eigenvalue weighted by molar-refractivity contribution is 6.03. The molecular weight excluding hydrogens is 274 g/mol. The highest BCUT2D eigenvalue weighted by Gasteiger charge is 2.33. The van der Waals surface area contributed by atoms with Crippen LogP contribution < -0.4 is 0 Å². The molecule has 2 rings (SSSR count). The minimum Gasteiger partial charge on any atom is -0.463 e. The van der Waals surface area contributed by atoms with Crippen LogP contribution >= 0.6 is 0 Å². The van der Waals surface area contributed by atoms with E-state index in [1.807, 2.05) is 32.2 Å². The summed E-state index contributed by atoms with van der Waals surface area (Å²) in [6.07, 6.45) is 0.885. The first-order chi connectivity index (χ1) is 10.5. The van der Waals surface area contributed by atoms with E-state index >= 15 is 0 Å². The van der Waals surface area contributed by atoms with Crippen molar-refractivity contribution in [2.24, 2.45) is 0 Å². The number of likely N-dealkylation sites (N-methyl/N-ethyl adjacent to an activating group) is 1. The number of carbonyl (C=O) groups excluding carboxylic acids is 1. The second kappa shape index (κ2) is 6.82. The smallest absolute Gasteiger partial charge is 0.336 e. The number of nitrogens with zero attached hydrogens (tertiary/aromatic N) is 1. The van der Waals surface area contributed by atoms with Gasteiger partial charge in [0.1, 0.15) is 0 Å². The van der Waals surface area contributed by atoms with E-state index in [0.717, 1.165) is 23.1 Å². The van der Waals surface area contributed by atoms with Crippen molar-refractivity contribution in [2.45, 2.75) is 40.2 Å². The molecule has 0 fully saturated rings. The van der Waals surface area contributed by atoms with Crippen LogP contribution in [0.4, 0.5) is 0 Å². The van der Waals surface area contributed by atoms with Crippen LogP contribution in [-0.4, -0.2) is 30.6 Å². The minimum absolute atomic E-state index is 0.00422. The summed E-state index contributed by atoms with van der Waals surface area (Å²) in [5, 5.41) is 0. The molecule has 0 aliphatic carbocycles. The summed E-state index contributed by atoms with van der Waals surface area (Å²) < 4.78 is 5.33. The first kappa shape index (κ1) is 16.3. The average molecular weight is 299 g/mol. The Morgan fingerprint density at radius 2 is 1.86 bits per heavy atom. The largest absolute Gasteiger partial charge is 0.463 e. The monoisotopic (exact) mass is 299 g/mol. The molecule has 3 heteroatoms. The molecular formula is C19H25NO2. The molecule has 1 unspecified atom stereocenters. The maximum Gasteiger partial charge on any atom is 0.336 e. The molecule has 0 N–H and O–H groups in total. The van der Waals surface area contributed by atoms with Crippen LogP contribution in [0.15, 0.2) is 47.2 Å². The van der Waals surface area contributed by atoms with Gasteiger partial charge in [0.15, 0.2) is 0 Å². The fourth-order valence-corrected chi connectivity index (χ4v) is 3.10. The Labute approximate surface area is 133 Å². The van der Waals surface area contributed by atoms with Crippen LogP contribution in [0.25, 0.3) is 5.57 Å². The van der Waals surface area contributed by atoms with Crippen LogP contribution in [0.1, 0.15) is 39.7 Å². The quantitative estimate of drug-likeness (QED) is 0.786. The highest BCUT2D eigenvalue weighted by Crippen LogP contribution is 2.39. The van der Waals surface area contributed by atoms with E-state index < -0.39 is 0 Å². The molecule has 1 aliphatic rings. The van der Waals surface area contributed by atoms with Gasteiger partial charge in [-0.15, -0.1) is 0 Å². The lowest BCUT2D eigenvalue weighted by atomic mass is 9.84. The number of allylic oxidation sites excluding steroid dienone is 3. The maximum absolute atomic E-state index is 12.6. The van der Waals surface area contributed by atoms with Crippen molar-refractivity contribution >= 4 is 11.5 Å². The minimum atomic E-state index is -0.209. The number of rotatable bonds is 4. The Kier molecular flexibility index (Phi) is 5.07. The van der Waals surface area contributed by atoms with Crippen molar-refractivity contribution in [1.29, 1.82) is 0 Å². The zero-order valence-electron chi connectivity index (χ0n) is 14.1. The lowest BCUT2D eigenvalue weighted by molar-refractivity contribution is -0.139. The summed E-state index contributed by atoms with van der Waals surface area (Å²) in [5.41, 5.74) is 5.33. The zero-order chi connectivity index (χ0) is 16.3. The molecule has 1 heterocycles. The summed E-state index contributed by atoms with van der Waals surface area (Å²) in [4.78, 5) is 14.7. The van der Waals surface area contributed by atoms with Gasteiger partial charge in [-0.05, 0) is 43.9 Å². The summed E-state index contributed by atoms with van der Waals surface area (Å²) >= 11 is 0. The Balaban J connectivity index is 2.71. The summed E-state index contributed by atoms with van der Waals surface area (Å²) in [5.74, 6) is -0.209. The van der Waals surface area contributed by atoms with Crippen molar-refractivity contribution in [1.82, 2.24) is 4.90 Å². The topological polar surface area (TPSA) is 29.5 Å². The van der Waals surface area contributed by atoms with Crippen LogP contribution in [-0.2, 0) is 9.53 Å². The Morgan fingerprint density at radius 3 is 2.41 bits per heavy atom. The average Bonchev–Trinajstić information content (AvgIpc) is 2.53. The standard InChI is InChI=1S/C19H25NO2/c1-6-16-13(3)20(5)14(4)17(19(21)22-7-2)18(16)15-11-9-8-10-12-15/h8-12,14H,6-7H2,1-5H3. The molecule has 3 nitrogen and oxygen atoms in total. The van der Waals surface area contributed by atoms with E-state index in [4.69, 9.17) is 4.74 Å². The zero-order valence-corrected chi connectivity index (χ0v) is 14.1. The van der Waals surface area contributed by atoms with Gasteiger partial charge in [0, 0.05) is 12.7 Å². The van der Waals surface area contributed by atoms with Gasteiger partial charge in [0.2, 0.25) is 0 Å². The Hall–Kier alpha value is -2.03. The van der Waals surface area contributed by atoms with Crippen LogP contribution in [0.5, 0.6) is 0 Å². The summed E-state index contributed by atoms with van der Waals surface area (Å²) in [6, 6.07) is 10.2. The Bertz CT molecular complexity index is 614. The van der Waals surface area contributed by atoms with Crippen molar-refractivity contribution in [3.8, 4) is 0 Å².